The zero-order valence-electron chi connectivity index (χ0n) is 16.0. The standard InChI is InChI=1S/C22H21N3O3S/c1-25-11-9-24-22(25)29-12-10-23-20(26)16-7-8-18-17(13-16)14-19(28-21(18)27)15-5-3-2-4-6-15/h2-9,11,13,19H,10,12,14H2,1H3,(H,23,26)/t19-/m1/s1. The van der Waals surface area contributed by atoms with E-state index in [0.717, 1.165) is 22.0 Å². The van der Waals surface area contributed by atoms with Crippen molar-refractivity contribution < 1.29 is 14.3 Å². The summed E-state index contributed by atoms with van der Waals surface area (Å²) in [4.78, 5) is 29.1. The lowest BCUT2D eigenvalue weighted by atomic mass is 9.93. The fourth-order valence-corrected chi connectivity index (χ4v) is 4.08. The number of benzene rings is 2. The highest BCUT2D eigenvalue weighted by molar-refractivity contribution is 7.99. The predicted octanol–water partition coefficient (Wildman–Crippen LogP) is 3.40. The summed E-state index contributed by atoms with van der Waals surface area (Å²) in [5.74, 6) is 0.228. The van der Waals surface area contributed by atoms with Crippen LogP contribution in [0.1, 0.15) is 37.9 Å². The van der Waals surface area contributed by atoms with Gasteiger partial charge in [-0.05, 0) is 29.3 Å². The van der Waals surface area contributed by atoms with Crippen LogP contribution in [0.2, 0.25) is 0 Å². The number of imidazole rings is 1. The van der Waals surface area contributed by atoms with Crippen molar-refractivity contribution in [3.05, 3.63) is 83.2 Å². The molecule has 2 aromatic carbocycles. The molecule has 0 unspecified atom stereocenters. The number of rotatable bonds is 6. The Kier molecular flexibility index (Phi) is 5.67. The third kappa shape index (κ3) is 4.35. The van der Waals surface area contributed by atoms with E-state index < -0.39 is 0 Å². The van der Waals surface area contributed by atoms with Gasteiger partial charge >= 0.3 is 5.97 Å². The van der Waals surface area contributed by atoms with Crippen molar-refractivity contribution in [2.75, 3.05) is 12.3 Å². The molecule has 0 saturated carbocycles. The summed E-state index contributed by atoms with van der Waals surface area (Å²) < 4.78 is 7.52. The Hall–Kier alpha value is -3.06. The van der Waals surface area contributed by atoms with Gasteiger partial charge in [0.2, 0.25) is 0 Å². The van der Waals surface area contributed by atoms with Crippen molar-refractivity contribution >= 4 is 23.6 Å². The zero-order valence-corrected chi connectivity index (χ0v) is 16.8. The molecular formula is C22H21N3O3S. The number of cyclic esters (lactones) is 1. The largest absolute Gasteiger partial charge is 0.454 e. The third-order valence-electron chi connectivity index (χ3n) is 4.81. The van der Waals surface area contributed by atoms with Crippen LogP contribution in [-0.4, -0.2) is 33.7 Å². The first kappa shape index (κ1) is 19.3. The van der Waals surface area contributed by atoms with E-state index in [9.17, 15) is 9.59 Å². The average molecular weight is 407 g/mol. The molecule has 4 rings (SSSR count). The Balaban J connectivity index is 1.40. The lowest BCUT2D eigenvalue weighted by Crippen LogP contribution is -2.27. The lowest BCUT2D eigenvalue weighted by Gasteiger charge is -2.25. The van der Waals surface area contributed by atoms with Crippen LogP contribution in [0.4, 0.5) is 0 Å². The normalized spacial score (nSPS) is 15.5. The molecule has 0 spiro atoms. The van der Waals surface area contributed by atoms with Crippen molar-refractivity contribution in [1.82, 2.24) is 14.9 Å². The van der Waals surface area contributed by atoms with Gasteiger partial charge < -0.3 is 14.6 Å². The first-order chi connectivity index (χ1) is 14.1. The molecule has 0 radical (unpaired) electrons. The van der Waals surface area contributed by atoms with Gasteiger partial charge in [0.05, 0.1) is 5.56 Å². The minimum absolute atomic E-state index is 0.150. The molecule has 2 heterocycles. The maximum absolute atomic E-state index is 12.5. The smallest absolute Gasteiger partial charge is 0.339 e. The van der Waals surface area contributed by atoms with Crippen molar-refractivity contribution in [3.8, 4) is 0 Å². The van der Waals surface area contributed by atoms with Crippen LogP contribution in [0.15, 0.2) is 66.1 Å². The molecule has 1 amide bonds. The molecule has 1 aliphatic rings. The molecule has 29 heavy (non-hydrogen) atoms. The molecule has 7 heteroatoms. The van der Waals surface area contributed by atoms with Crippen LogP contribution in [0.3, 0.4) is 0 Å². The Morgan fingerprint density at radius 1 is 1.28 bits per heavy atom. The van der Waals surface area contributed by atoms with E-state index in [4.69, 9.17) is 4.74 Å². The zero-order chi connectivity index (χ0) is 20.2. The van der Waals surface area contributed by atoms with Gasteiger partial charge in [0, 0.05) is 43.7 Å². The summed E-state index contributed by atoms with van der Waals surface area (Å²) in [5, 5.41) is 3.84. The summed E-state index contributed by atoms with van der Waals surface area (Å²) >= 11 is 1.59. The molecule has 0 aliphatic carbocycles. The Morgan fingerprint density at radius 3 is 2.86 bits per heavy atom. The van der Waals surface area contributed by atoms with Gasteiger partial charge in [0.15, 0.2) is 5.16 Å². The molecule has 1 aliphatic heterocycles. The molecule has 0 saturated heterocycles. The number of aryl methyl sites for hydroxylation is 1. The summed E-state index contributed by atoms with van der Waals surface area (Å²) in [6, 6.07) is 14.8. The van der Waals surface area contributed by atoms with E-state index in [1.165, 1.54) is 0 Å². The number of carbonyl (C=O) groups is 2. The van der Waals surface area contributed by atoms with Gasteiger partial charge in [-0.1, -0.05) is 42.1 Å². The molecular weight excluding hydrogens is 386 g/mol. The predicted molar refractivity (Wildman–Crippen MR) is 111 cm³/mol. The van der Waals surface area contributed by atoms with Gasteiger partial charge in [0.1, 0.15) is 6.10 Å². The lowest BCUT2D eigenvalue weighted by molar-refractivity contribution is 0.0252. The van der Waals surface area contributed by atoms with Gasteiger partial charge in [0.25, 0.3) is 5.91 Å². The van der Waals surface area contributed by atoms with E-state index in [2.05, 4.69) is 10.3 Å². The van der Waals surface area contributed by atoms with Crippen LogP contribution in [0.25, 0.3) is 0 Å². The highest BCUT2D eigenvalue weighted by atomic mass is 32.2. The van der Waals surface area contributed by atoms with Crippen LogP contribution < -0.4 is 5.32 Å². The van der Waals surface area contributed by atoms with E-state index in [1.54, 1.807) is 36.2 Å². The highest BCUT2D eigenvalue weighted by Crippen LogP contribution is 2.31. The number of ether oxygens (including phenoxy) is 1. The molecule has 6 nitrogen and oxygen atoms in total. The Morgan fingerprint density at radius 2 is 2.10 bits per heavy atom. The molecule has 1 N–H and O–H groups in total. The number of nitrogens with one attached hydrogen (secondary N) is 1. The van der Waals surface area contributed by atoms with Gasteiger partial charge in [-0.3, -0.25) is 4.79 Å². The third-order valence-corrected chi connectivity index (χ3v) is 5.87. The second-order valence-electron chi connectivity index (χ2n) is 6.81. The average Bonchev–Trinajstić information content (AvgIpc) is 3.16. The van der Waals surface area contributed by atoms with Crippen LogP contribution in [0.5, 0.6) is 0 Å². The van der Waals surface area contributed by atoms with Crippen molar-refractivity contribution in [3.63, 3.8) is 0 Å². The molecule has 0 bridgehead atoms. The van der Waals surface area contributed by atoms with E-state index in [0.29, 0.717) is 24.1 Å². The molecule has 148 valence electrons. The monoisotopic (exact) mass is 407 g/mol. The number of amides is 1. The number of carbonyl (C=O) groups excluding carboxylic acids is 2. The van der Waals surface area contributed by atoms with E-state index in [-0.39, 0.29) is 18.0 Å². The first-order valence-electron chi connectivity index (χ1n) is 9.39. The number of nitrogens with zero attached hydrogens (tertiary/aromatic N) is 2. The molecule has 1 atom stereocenters. The summed E-state index contributed by atoms with van der Waals surface area (Å²) in [5.41, 5.74) is 2.86. The number of hydrogen-bond acceptors (Lipinski definition) is 5. The second-order valence-corrected chi connectivity index (χ2v) is 7.87. The van der Waals surface area contributed by atoms with Gasteiger partial charge in [-0.15, -0.1) is 0 Å². The van der Waals surface area contributed by atoms with E-state index in [1.807, 2.05) is 48.1 Å². The number of fused-ring (bicyclic) bond motifs is 1. The molecule has 3 aromatic rings. The highest BCUT2D eigenvalue weighted by Gasteiger charge is 2.28. The van der Waals surface area contributed by atoms with E-state index >= 15 is 0 Å². The van der Waals surface area contributed by atoms with Crippen molar-refractivity contribution in [2.45, 2.75) is 17.7 Å². The minimum atomic E-state index is -0.349. The Labute approximate surface area is 173 Å². The van der Waals surface area contributed by atoms with Crippen molar-refractivity contribution in [1.29, 1.82) is 0 Å². The fourth-order valence-electron chi connectivity index (χ4n) is 3.29. The summed E-state index contributed by atoms with van der Waals surface area (Å²) in [6.07, 6.45) is 3.87. The molecule has 1 aromatic heterocycles. The number of esters is 1. The summed E-state index contributed by atoms with van der Waals surface area (Å²) in [6.45, 7) is 0.530. The summed E-state index contributed by atoms with van der Waals surface area (Å²) in [7, 11) is 1.94. The quantitative estimate of drug-likeness (QED) is 0.385. The SMILES string of the molecule is Cn1ccnc1SCCNC(=O)c1ccc2c(c1)C[C@H](c1ccccc1)OC2=O. The van der Waals surface area contributed by atoms with Gasteiger partial charge in [-0.25, -0.2) is 9.78 Å². The molecule has 0 fully saturated rings. The number of thioether (sulfide) groups is 1. The number of hydrogen-bond donors (Lipinski definition) is 1. The fraction of sp³-hybridized carbons (Fsp3) is 0.227. The van der Waals surface area contributed by atoms with Crippen molar-refractivity contribution in [2.24, 2.45) is 7.05 Å². The second kappa shape index (κ2) is 8.53. The Bertz CT molecular complexity index is 1030. The van der Waals surface area contributed by atoms with Crippen LogP contribution in [0, 0.1) is 0 Å². The van der Waals surface area contributed by atoms with Gasteiger partial charge in [-0.2, -0.15) is 0 Å². The maximum Gasteiger partial charge on any atom is 0.339 e. The maximum atomic E-state index is 12.5. The van der Waals surface area contributed by atoms with Crippen LogP contribution in [-0.2, 0) is 18.2 Å². The number of aromatic nitrogens is 2. The minimum Gasteiger partial charge on any atom is -0.454 e. The topological polar surface area (TPSA) is 73.2 Å². The van der Waals surface area contributed by atoms with Crippen LogP contribution >= 0.6 is 11.8 Å². The first-order valence-corrected chi connectivity index (χ1v) is 10.4.